The number of aliphatic imine (C=N–C) groups is 1. The predicted octanol–water partition coefficient (Wildman–Crippen LogP) is 4.91. The van der Waals surface area contributed by atoms with Gasteiger partial charge in [0.05, 0.1) is 18.2 Å². The number of Topliss-reactive ketones (excluding diaryl/α,β-unsaturated/α-hetero) is 1. The highest BCUT2D eigenvalue weighted by Crippen LogP contribution is 2.35. The number of carbonyl (C=O) groups is 1. The Kier molecular flexibility index (Phi) is 5.83. The topological polar surface area (TPSA) is 41.9 Å². The zero-order chi connectivity index (χ0) is 19.5. The van der Waals surface area contributed by atoms with Gasteiger partial charge in [0, 0.05) is 22.7 Å². The third kappa shape index (κ3) is 4.15. The van der Waals surface area contributed by atoms with E-state index in [1.165, 1.54) is 25.9 Å². The summed E-state index contributed by atoms with van der Waals surface area (Å²) in [7, 11) is 0. The van der Waals surface area contributed by atoms with Gasteiger partial charge in [-0.15, -0.1) is 12.6 Å². The molecule has 2 aromatic carbocycles. The molecule has 2 aliphatic heterocycles. The fourth-order valence-electron chi connectivity index (χ4n) is 4.05. The fourth-order valence-corrected chi connectivity index (χ4v) is 4.25. The molecule has 1 atom stereocenters. The van der Waals surface area contributed by atoms with Gasteiger partial charge in [0.25, 0.3) is 0 Å². The van der Waals surface area contributed by atoms with E-state index in [0.717, 1.165) is 41.5 Å². The normalized spacial score (nSPS) is 19.4. The average molecular weight is 395 g/mol. The number of ketones is 1. The van der Waals surface area contributed by atoms with Crippen molar-refractivity contribution in [1.29, 1.82) is 0 Å². The van der Waals surface area contributed by atoms with Gasteiger partial charge in [-0.2, -0.15) is 0 Å². The van der Waals surface area contributed by atoms with E-state index in [2.05, 4.69) is 22.5 Å². The molecule has 2 aromatic rings. The molecule has 1 fully saturated rings. The van der Waals surface area contributed by atoms with Gasteiger partial charge in [0.1, 0.15) is 5.75 Å². The van der Waals surface area contributed by atoms with Crippen LogP contribution < -0.4 is 4.74 Å². The third-order valence-corrected chi connectivity index (χ3v) is 5.80. The van der Waals surface area contributed by atoms with Gasteiger partial charge in [0.2, 0.25) is 0 Å². The van der Waals surface area contributed by atoms with Crippen LogP contribution in [-0.4, -0.2) is 42.6 Å². The minimum Gasteiger partial charge on any atom is -0.494 e. The highest BCUT2D eigenvalue weighted by molar-refractivity contribution is 7.80. The minimum atomic E-state index is -0.331. The van der Waals surface area contributed by atoms with Gasteiger partial charge in [0.15, 0.2) is 5.78 Å². The highest BCUT2D eigenvalue weighted by Gasteiger charge is 2.30. The van der Waals surface area contributed by atoms with E-state index in [9.17, 15) is 4.79 Å². The number of likely N-dealkylation sites (tertiary alicyclic amines) is 1. The number of thiol groups is 1. The van der Waals surface area contributed by atoms with Crippen molar-refractivity contribution in [3.63, 3.8) is 0 Å². The average Bonchev–Trinajstić information content (AvgIpc) is 3.19. The van der Waals surface area contributed by atoms with Crippen molar-refractivity contribution in [3.8, 4) is 5.75 Å². The maximum absolute atomic E-state index is 13.0. The molecule has 5 heteroatoms. The second-order valence-corrected chi connectivity index (χ2v) is 8.09. The summed E-state index contributed by atoms with van der Waals surface area (Å²) in [4.78, 5) is 21.0. The second kappa shape index (κ2) is 8.50. The lowest BCUT2D eigenvalue weighted by Crippen LogP contribution is -2.23. The van der Waals surface area contributed by atoms with Gasteiger partial charge in [-0.3, -0.25) is 9.79 Å². The van der Waals surface area contributed by atoms with Crippen LogP contribution >= 0.6 is 12.6 Å². The van der Waals surface area contributed by atoms with Gasteiger partial charge in [-0.25, -0.2) is 0 Å². The van der Waals surface area contributed by atoms with Crippen molar-refractivity contribution in [2.24, 2.45) is 4.99 Å². The number of ether oxygens (including phenoxy) is 1. The van der Waals surface area contributed by atoms with Crippen molar-refractivity contribution < 1.29 is 9.53 Å². The van der Waals surface area contributed by atoms with Crippen molar-refractivity contribution in [2.75, 3.05) is 26.2 Å². The van der Waals surface area contributed by atoms with E-state index in [1.807, 2.05) is 49.4 Å². The maximum atomic E-state index is 13.0. The Bertz CT molecular complexity index is 886. The largest absolute Gasteiger partial charge is 0.494 e. The molecule has 4 nitrogen and oxygen atoms in total. The van der Waals surface area contributed by atoms with Crippen LogP contribution in [0.25, 0.3) is 0 Å². The number of benzene rings is 2. The predicted molar refractivity (Wildman–Crippen MR) is 116 cm³/mol. The Labute approximate surface area is 172 Å². The summed E-state index contributed by atoms with van der Waals surface area (Å²) in [5.74, 6) is 0.612. The molecule has 0 amide bonds. The van der Waals surface area contributed by atoms with Gasteiger partial charge in [-0.1, -0.05) is 12.1 Å². The van der Waals surface area contributed by atoms with Crippen molar-refractivity contribution in [2.45, 2.75) is 37.0 Å². The molecule has 0 radical (unpaired) electrons. The first-order valence-electron chi connectivity index (χ1n) is 9.99. The highest BCUT2D eigenvalue weighted by atomic mass is 32.1. The molecular weight excluding hydrogens is 368 g/mol. The van der Waals surface area contributed by atoms with E-state index < -0.39 is 0 Å². The molecule has 0 aromatic heterocycles. The zero-order valence-electron chi connectivity index (χ0n) is 16.2. The van der Waals surface area contributed by atoms with E-state index >= 15 is 0 Å². The lowest BCUT2D eigenvalue weighted by atomic mass is 9.84. The minimum absolute atomic E-state index is 0.0927. The Balaban J connectivity index is 1.39. The first-order valence-corrected chi connectivity index (χ1v) is 10.4. The van der Waals surface area contributed by atoms with Gasteiger partial charge in [-0.05, 0) is 75.2 Å². The fraction of sp³-hybridized carbons (Fsp3) is 0.391. The second-order valence-electron chi connectivity index (χ2n) is 7.57. The first kappa shape index (κ1) is 19.2. The van der Waals surface area contributed by atoms with Crippen LogP contribution in [0.15, 0.2) is 52.4 Å². The van der Waals surface area contributed by atoms with Crippen LogP contribution in [0, 0.1) is 0 Å². The molecule has 0 aliphatic carbocycles. The number of carbonyl (C=O) groups excluding carboxylic acids is 1. The summed E-state index contributed by atoms with van der Waals surface area (Å²) in [6.45, 7) is 6.20. The number of nitrogens with zero attached hydrogens (tertiary/aromatic N) is 2. The van der Waals surface area contributed by atoms with Crippen LogP contribution in [0.3, 0.4) is 0 Å². The Hall–Kier alpha value is -2.11. The molecule has 2 heterocycles. The zero-order valence-corrected chi connectivity index (χ0v) is 17.1. The summed E-state index contributed by atoms with van der Waals surface area (Å²) in [5, 5.41) is 0. The van der Waals surface area contributed by atoms with E-state index in [0.29, 0.717) is 11.3 Å². The lowest BCUT2D eigenvalue weighted by molar-refractivity contribution is 0.0981. The van der Waals surface area contributed by atoms with Crippen LogP contribution in [0.2, 0.25) is 0 Å². The molecule has 4 rings (SSSR count). The molecule has 2 aliphatic rings. The van der Waals surface area contributed by atoms with Gasteiger partial charge >= 0.3 is 0 Å². The summed E-state index contributed by atoms with van der Waals surface area (Å²) >= 11 is 4.34. The molecule has 1 saturated heterocycles. The van der Waals surface area contributed by atoms with Crippen molar-refractivity contribution in [3.05, 3.63) is 53.6 Å². The Morgan fingerprint density at radius 3 is 2.64 bits per heavy atom. The summed E-state index contributed by atoms with van der Waals surface area (Å²) in [6, 6.07) is 13.4. The third-order valence-electron chi connectivity index (χ3n) is 5.52. The Morgan fingerprint density at radius 1 is 1.14 bits per heavy atom. The van der Waals surface area contributed by atoms with Crippen molar-refractivity contribution >= 4 is 29.8 Å². The van der Waals surface area contributed by atoms with Crippen LogP contribution in [0.1, 0.15) is 48.0 Å². The van der Waals surface area contributed by atoms with E-state index in [4.69, 9.17) is 4.74 Å². The maximum Gasteiger partial charge on any atom is 0.178 e. The molecule has 1 unspecified atom stereocenters. The molecule has 146 valence electrons. The SMILES string of the molecule is CC1=Nc2cc(S)ccc2C(=O)C1c1ccc(OCCCN2CCCC2)cc1. The monoisotopic (exact) mass is 394 g/mol. The van der Waals surface area contributed by atoms with Crippen LogP contribution in [0.4, 0.5) is 5.69 Å². The lowest BCUT2D eigenvalue weighted by Gasteiger charge is -2.22. The van der Waals surface area contributed by atoms with Crippen LogP contribution in [0.5, 0.6) is 5.75 Å². The van der Waals surface area contributed by atoms with E-state index in [1.54, 1.807) is 0 Å². The number of rotatable bonds is 6. The number of fused-ring (bicyclic) bond motifs is 1. The smallest absolute Gasteiger partial charge is 0.178 e. The molecule has 28 heavy (non-hydrogen) atoms. The molecule has 0 saturated carbocycles. The number of hydrogen-bond donors (Lipinski definition) is 1. The molecule has 0 bridgehead atoms. The molecular formula is C23H26N2O2S. The summed E-state index contributed by atoms with van der Waals surface area (Å²) in [6.07, 6.45) is 3.69. The molecule has 0 spiro atoms. The van der Waals surface area contributed by atoms with E-state index in [-0.39, 0.29) is 11.7 Å². The van der Waals surface area contributed by atoms with Crippen LogP contribution in [-0.2, 0) is 0 Å². The standard InChI is InChI=1S/C23H26N2O2S/c1-16-22(23(26)20-10-9-19(28)15-21(20)24-16)17-5-7-18(8-6-17)27-14-4-13-25-11-2-3-12-25/h5-10,15,22,28H,2-4,11-14H2,1H3. The number of hydrogen-bond acceptors (Lipinski definition) is 5. The first-order chi connectivity index (χ1) is 13.6. The Morgan fingerprint density at radius 2 is 1.89 bits per heavy atom. The quantitative estimate of drug-likeness (QED) is 0.559. The molecule has 0 N–H and O–H groups in total. The van der Waals surface area contributed by atoms with Crippen molar-refractivity contribution in [1.82, 2.24) is 4.90 Å². The summed E-state index contributed by atoms with van der Waals surface area (Å²) < 4.78 is 5.88. The van der Waals surface area contributed by atoms with Gasteiger partial charge < -0.3 is 9.64 Å². The summed E-state index contributed by atoms with van der Waals surface area (Å²) in [5.41, 5.74) is 3.15.